The molecule has 1 fully saturated rings. The molecule has 0 bridgehead atoms. The van der Waals surface area contributed by atoms with Gasteiger partial charge in [-0.1, -0.05) is 18.2 Å². The van der Waals surface area contributed by atoms with Gasteiger partial charge in [0.25, 0.3) is 0 Å². The van der Waals surface area contributed by atoms with Gasteiger partial charge in [-0.15, -0.1) is 0 Å². The van der Waals surface area contributed by atoms with E-state index < -0.39 is 0 Å². The summed E-state index contributed by atoms with van der Waals surface area (Å²) < 4.78 is 5.69. The van der Waals surface area contributed by atoms with Gasteiger partial charge in [0.1, 0.15) is 5.75 Å². The fourth-order valence-corrected chi connectivity index (χ4v) is 3.07. The molecule has 2 N–H and O–H groups in total. The van der Waals surface area contributed by atoms with E-state index in [1.54, 1.807) is 0 Å². The van der Waals surface area contributed by atoms with Crippen LogP contribution in [0.3, 0.4) is 0 Å². The van der Waals surface area contributed by atoms with Crippen LogP contribution in [0, 0.1) is 0 Å². The van der Waals surface area contributed by atoms with Gasteiger partial charge in [0, 0.05) is 50.9 Å². The molecular formula is C20H35N5O. The molecule has 0 spiro atoms. The maximum Gasteiger partial charge on any atom is 0.191 e. The average Bonchev–Trinajstić information content (AvgIpc) is 2.65. The second-order valence-electron chi connectivity index (χ2n) is 6.81. The summed E-state index contributed by atoms with van der Waals surface area (Å²) in [5, 5.41) is 6.83. The van der Waals surface area contributed by atoms with E-state index in [1.807, 2.05) is 25.1 Å². The van der Waals surface area contributed by atoms with E-state index in [0.29, 0.717) is 19.2 Å². The molecule has 1 heterocycles. The molecule has 0 amide bonds. The summed E-state index contributed by atoms with van der Waals surface area (Å²) in [7, 11) is 2.19. The lowest BCUT2D eigenvalue weighted by atomic mass is 10.2. The third-order valence-corrected chi connectivity index (χ3v) is 4.75. The Kier molecular flexibility index (Phi) is 8.71. The Balaban J connectivity index is 1.90. The molecule has 6 heteroatoms. The Morgan fingerprint density at radius 1 is 1.15 bits per heavy atom. The molecular weight excluding hydrogens is 326 g/mol. The van der Waals surface area contributed by atoms with Crippen LogP contribution in [0.4, 0.5) is 0 Å². The number of likely N-dealkylation sites (N-methyl/N-ethyl adjacent to an activating group) is 1. The highest BCUT2D eigenvalue weighted by Crippen LogP contribution is 2.18. The predicted octanol–water partition coefficient (Wildman–Crippen LogP) is 1.78. The molecule has 0 saturated carbocycles. The Labute approximate surface area is 158 Å². The van der Waals surface area contributed by atoms with Crippen molar-refractivity contribution >= 4 is 5.96 Å². The molecule has 0 aromatic heterocycles. The molecule has 0 radical (unpaired) electrons. The van der Waals surface area contributed by atoms with Crippen LogP contribution in [0.2, 0.25) is 0 Å². The van der Waals surface area contributed by atoms with Gasteiger partial charge in [-0.2, -0.15) is 0 Å². The molecule has 1 aromatic rings. The van der Waals surface area contributed by atoms with E-state index in [9.17, 15) is 0 Å². The highest BCUT2D eigenvalue weighted by molar-refractivity contribution is 5.79. The van der Waals surface area contributed by atoms with Crippen molar-refractivity contribution in [3.8, 4) is 5.75 Å². The molecule has 146 valence electrons. The highest BCUT2D eigenvalue weighted by Gasteiger charge is 2.19. The number of benzene rings is 1. The zero-order valence-electron chi connectivity index (χ0n) is 16.8. The van der Waals surface area contributed by atoms with E-state index in [4.69, 9.17) is 9.73 Å². The van der Waals surface area contributed by atoms with Gasteiger partial charge < -0.3 is 20.3 Å². The van der Waals surface area contributed by atoms with Crippen molar-refractivity contribution in [2.45, 2.75) is 33.4 Å². The molecule has 1 aliphatic rings. The number of guanidine groups is 1. The summed E-state index contributed by atoms with van der Waals surface area (Å²) in [6.07, 6.45) is 0. The Morgan fingerprint density at radius 3 is 2.58 bits per heavy atom. The maximum absolute atomic E-state index is 5.69. The third-order valence-electron chi connectivity index (χ3n) is 4.75. The fourth-order valence-electron chi connectivity index (χ4n) is 3.07. The van der Waals surface area contributed by atoms with Crippen molar-refractivity contribution in [3.63, 3.8) is 0 Å². The van der Waals surface area contributed by atoms with Crippen LogP contribution < -0.4 is 15.4 Å². The minimum atomic E-state index is 0.489. The monoisotopic (exact) mass is 361 g/mol. The van der Waals surface area contributed by atoms with Gasteiger partial charge >= 0.3 is 0 Å². The Morgan fingerprint density at radius 2 is 1.88 bits per heavy atom. The molecule has 1 atom stereocenters. The Hall–Kier alpha value is -1.79. The van der Waals surface area contributed by atoms with E-state index in [0.717, 1.165) is 56.5 Å². The smallest absolute Gasteiger partial charge is 0.191 e. The van der Waals surface area contributed by atoms with E-state index >= 15 is 0 Å². The first-order chi connectivity index (χ1) is 12.6. The number of nitrogens with zero attached hydrogens (tertiary/aromatic N) is 3. The van der Waals surface area contributed by atoms with Crippen LogP contribution in [-0.2, 0) is 6.54 Å². The fraction of sp³-hybridized carbons (Fsp3) is 0.650. The van der Waals surface area contributed by atoms with Crippen LogP contribution in [0.15, 0.2) is 29.3 Å². The lowest BCUT2D eigenvalue weighted by Gasteiger charge is -2.36. The lowest BCUT2D eigenvalue weighted by molar-refractivity contribution is 0.120. The van der Waals surface area contributed by atoms with Gasteiger partial charge in [-0.3, -0.25) is 4.90 Å². The molecule has 0 aliphatic carbocycles. The van der Waals surface area contributed by atoms with Gasteiger partial charge in [-0.05, 0) is 33.9 Å². The summed E-state index contributed by atoms with van der Waals surface area (Å²) in [5.41, 5.74) is 1.11. The minimum absolute atomic E-state index is 0.489. The van der Waals surface area contributed by atoms with E-state index in [2.05, 4.69) is 47.4 Å². The van der Waals surface area contributed by atoms with Crippen molar-refractivity contribution in [2.75, 3.05) is 52.9 Å². The van der Waals surface area contributed by atoms with E-state index in [1.165, 1.54) is 0 Å². The first-order valence-corrected chi connectivity index (χ1v) is 9.79. The molecule has 1 aliphatic heterocycles. The SMILES string of the molecule is CCNC(=NCc1ccccc1OCC)NCC(C)N1CCN(C)CC1. The second-order valence-corrected chi connectivity index (χ2v) is 6.81. The maximum atomic E-state index is 5.69. The first-order valence-electron chi connectivity index (χ1n) is 9.79. The van der Waals surface area contributed by atoms with Gasteiger partial charge in [0.15, 0.2) is 5.96 Å². The van der Waals surface area contributed by atoms with Crippen molar-refractivity contribution in [1.29, 1.82) is 0 Å². The first kappa shape index (κ1) is 20.5. The van der Waals surface area contributed by atoms with Crippen molar-refractivity contribution in [2.24, 2.45) is 4.99 Å². The standard InChI is InChI=1S/C20H35N5O/c1-5-21-20(22-15-17(3)25-13-11-24(4)12-14-25)23-16-18-9-7-8-10-19(18)26-6-2/h7-10,17H,5-6,11-16H2,1-4H3,(H2,21,22,23). The quantitative estimate of drug-likeness (QED) is 0.546. The number of nitrogens with one attached hydrogen (secondary N) is 2. The number of aliphatic imine (C=N–C) groups is 1. The zero-order valence-corrected chi connectivity index (χ0v) is 16.8. The number of hydrogen-bond donors (Lipinski definition) is 2. The molecule has 1 aromatic carbocycles. The molecule has 2 rings (SSSR count). The summed E-state index contributed by atoms with van der Waals surface area (Å²) >= 11 is 0. The topological polar surface area (TPSA) is 52.1 Å². The van der Waals surface area contributed by atoms with Gasteiger partial charge in [-0.25, -0.2) is 4.99 Å². The van der Waals surface area contributed by atoms with Crippen LogP contribution in [0.5, 0.6) is 5.75 Å². The molecule has 26 heavy (non-hydrogen) atoms. The van der Waals surface area contributed by atoms with Crippen LogP contribution in [0.25, 0.3) is 0 Å². The second kappa shape index (κ2) is 11.0. The van der Waals surface area contributed by atoms with Crippen LogP contribution in [0.1, 0.15) is 26.3 Å². The number of rotatable bonds is 8. The predicted molar refractivity (Wildman–Crippen MR) is 109 cm³/mol. The number of piperazine rings is 1. The molecule has 1 unspecified atom stereocenters. The van der Waals surface area contributed by atoms with E-state index in [-0.39, 0.29) is 0 Å². The third kappa shape index (κ3) is 6.50. The summed E-state index contributed by atoms with van der Waals surface area (Å²) in [4.78, 5) is 9.67. The summed E-state index contributed by atoms with van der Waals surface area (Å²) in [5.74, 6) is 1.78. The number of para-hydroxylation sites is 1. The van der Waals surface area contributed by atoms with Crippen LogP contribution in [-0.4, -0.2) is 74.7 Å². The van der Waals surface area contributed by atoms with Crippen molar-refractivity contribution < 1.29 is 4.74 Å². The zero-order chi connectivity index (χ0) is 18.8. The summed E-state index contributed by atoms with van der Waals surface area (Å²) in [6, 6.07) is 8.60. The summed E-state index contributed by atoms with van der Waals surface area (Å²) in [6.45, 7) is 14.0. The van der Waals surface area contributed by atoms with Crippen molar-refractivity contribution in [1.82, 2.24) is 20.4 Å². The lowest BCUT2D eigenvalue weighted by Crippen LogP contribution is -2.52. The van der Waals surface area contributed by atoms with Crippen LogP contribution >= 0.6 is 0 Å². The Bertz CT molecular complexity index is 555. The molecule has 1 saturated heterocycles. The minimum Gasteiger partial charge on any atom is -0.494 e. The van der Waals surface area contributed by atoms with Gasteiger partial charge in [0.05, 0.1) is 13.2 Å². The van der Waals surface area contributed by atoms with Crippen molar-refractivity contribution in [3.05, 3.63) is 29.8 Å². The molecule has 6 nitrogen and oxygen atoms in total. The highest BCUT2D eigenvalue weighted by atomic mass is 16.5. The normalized spacial score (nSPS) is 17.8. The number of ether oxygens (including phenoxy) is 1. The number of hydrogen-bond acceptors (Lipinski definition) is 4. The largest absolute Gasteiger partial charge is 0.494 e. The average molecular weight is 362 g/mol. The van der Waals surface area contributed by atoms with Gasteiger partial charge in [0.2, 0.25) is 0 Å².